The maximum Gasteiger partial charge on any atom is 0.113 e. The van der Waals surface area contributed by atoms with E-state index in [1.54, 1.807) is 0 Å². The molecule has 0 saturated carbocycles. The molecule has 0 aliphatic rings. The van der Waals surface area contributed by atoms with Gasteiger partial charge in [-0.3, -0.25) is 0 Å². The first-order valence-corrected chi connectivity index (χ1v) is 6.68. The summed E-state index contributed by atoms with van der Waals surface area (Å²) in [5.41, 5.74) is 2.55. The molecule has 0 spiro atoms. The summed E-state index contributed by atoms with van der Waals surface area (Å²) < 4.78 is 2.20. The monoisotopic (exact) mass is 243 g/mol. The minimum absolute atomic E-state index is 0.899. The summed E-state index contributed by atoms with van der Waals surface area (Å²) in [5.74, 6) is 1.14. The van der Waals surface area contributed by atoms with Crippen LogP contribution >= 0.6 is 0 Å². The van der Waals surface area contributed by atoms with Gasteiger partial charge in [0.05, 0.1) is 5.69 Å². The smallest absolute Gasteiger partial charge is 0.113 e. The Morgan fingerprint density at radius 2 is 2.06 bits per heavy atom. The van der Waals surface area contributed by atoms with E-state index in [4.69, 9.17) is 0 Å². The van der Waals surface area contributed by atoms with Gasteiger partial charge in [0, 0.05) is 25.4 Å². The molecule has 1 heterocycles. The van der Waals surface area contributed by atoms with Gasteiger partial charge in [0.15, 0.2) is 0 Å². The average molecular weight is 243 g/mol. The van der Waals surface area contributed by atoms with E-state index < -0.39 is 0 Å². The second-order valence-electron chi connectivity index (χ2n) is 4.37. The Labute approximate surface area is 109 Å². The average Bonchev–Trinajstić information content (AvgIpc) is 2.85. The van der Waals surface area contributed by atoms with Gasteiger partial charge in [-0.05, 0) is 24.6 Å². The van der Waals surface area contributed by atoms with Gasteiger partial charge < -0.3 is 9.88 Å². The lowest BCUT2D eigenvalue weighted by molar-refractivity contribution is 0.718. The highest BCUT2D eigenvalue weighted by Crippen LogP contribution is 2.17. The van der Waals surface area contributed by atoms with Crippen LogP contribution in [0.3, 0.4) is 0 Å². The van der Waals surface area contributed by atoms with Gasteiger partial charge >= 0.3 is 0 Å². The minimum atomic E-state index is 0.899. The standard InChI is InChI=1S/C15H21N3/c1-3-7-15-17-10-11-18(15)14-9-6-5-8-13(14)12-16-4-2/h5-6,8-11,16H,3-4,7,12H2,1-2H3. The van der Waals surface area contributed by atoms with Crippen molar-refractivity contribution in [2.45, 2.75) is 33.2 Å². The Hall–Kier alpha value is -1.61. The van der Waals surface area contributed by atoms with E-state index in [2.05, 4.69) is 59.2 Å². The number of rotatable bonds is 6. The highest BCUT2D eigenvalue weighted by atomic mass is 15.1. The lowest BCUT2D eigenvalue weighted by Gasteiger charge is -2.13. The fourth-order valence-electron chi connectivity index (χ4n) is 2.12. The number of para-hydroxylation sites is 1. The van der Waals surface area contributed by atoms with E-state index >= 15 is 0 Å². The van der Waals surface area contributed by atoms with Gasteiger partial charge in [-0.1, -0.05) is 32.0 Å². The maximum absolute atomic E-state index is 4.45. The predicted octanol–water partition coefficient (Wildman–Crippen LogP) is 2.93. The molecule has 96 valence electrons. The van der Waals surface area contributed by atoms with Crippen LogP contribution in [0, 0.1) is 0 Å². The molecule has 3 heteroatoms. The molecular weight excluding hydrogens is 222 g/mol. The van der Waals surface area contributed by atoms with Gasteiger partial charge in [-0.25, -0.2) is 4.98 Å². The van der Waals surface area contributed by atoms with Crippen LogP contribution in [-0.4, -0.2) is 16.1 Å². The first-order valence-electron chi connectivity index (χ1n) is 6.68. The Morgan fingerprint density at radius 1 is 1.22 bits per heavy atom. The third kappa shape index (κ3) is 2.79. The van der Waals surface area contributed by atoms with E-state index in [1.165, 1.54) is 11.3 Å². The molecule has 0 unspecified atom stereocenters. The molecule has 2 aromatic rings. The zero-order chi connectivity index (χ0) is 12.8. The van der Waals surface area contributed by atoms with Crippen molar-refractivity contribution in [1.82, 2.24) is 14.9 Å². The minimum Gasteiger partial charge on any atom is -0.313 e. The first kappa shape index (κ1) is 12.8. The van der Waals surface area contributed by atoms with Gasteiger partial charge in [0.1, 0.15) is 5.82 Å². The van der Waals surface area contributed by atoms with E-state index in [-0.39, 0.29) is 0 Å². The summed E-state index contributed by atoms with van der Waals surface area (Å²) in [6.07, 6.45) is 6.07. The molecular formula is C15H21N3. The van der Waals surface area contributed by atoms with Crippen molar-refractivity contribution in [2.24, 2.45) is 0 Å². The quantitative estimate of drug-likeness (QED) is 0.845. The van der Waals surface area contributed by atoms with Crippen molar-refractivity contribution >= 4 is 0 Å². The fourth-order valence-corrected chi connectivity index (χ4v) is 2.12. The van der Waals surface area contributed by atoms with Crippen LogP contribution in [0.1, 0.15) is 31.7 Å². The summed E-state index contributed by atoms with van der Waals surface area (Å²) in [6, 6.07) is 8.51. The van der Waals surface area contributed by atoms with Crippen LogP contribution in [0.25, 0.3) is 5.69 Å². The number of hydrogen-bond acceptors (Lipinski definition) is 2. The normalized spacial score (nSPS) is 10.8. The maximum atomic E-state index is 4.45. The van der Waals surface area contributed by atoms with E-state index in [9.17, 15) is 0 Å². The molecule has 0 aliphatic carbocycles. The number of hydrogen-bond donors (Lipinski definition) is 1. The molecule has 0 amide bonds. The molecule has 0 radical (unpaired) electrons. The zero-order valence-electron chi connectivity index (χ0n) is 11.2. The van der Waals surface area contributed by atoms with Gasteiger partial charge in [-0.2, -0.15) is 0 Å². The van der Waals surface area contributed by atoms with E-state index in [0.29, 0.717) is 0 Å². The van der Waals surface area contributed by atoms with Crippen LogP contribution < -0.4 is 5.32 Å². The lowest BCUT2D eigenvalue weighted by Crippen LogP contribution is -2.14. The van der Waals surface area contributed by atoms with Crippen LogP contribution in [0.4, 0.5) is 0 Å². The van der Waals surface area contributed by atoms with Crippen LogP contribution in [-0.2, 0) is 13.0 Å². The Morgan fingerprint density at radius 3 is 2.83 bits per heavy atom. The molecule has 0 atom stereocenters. The van der Waals surface area contributed by atoms with E-state index in [0.717, 1.165) is 31.8 Å². The number of nitrogens with one attached hydrogen (secondary N) is 1. The lowest BCUT2D eigenvalue weighted by atomic mass is 10.1. The summed E-state index contributed by atoms with van der Waals surface area (Å²) in [7, 11) is 0. The largest absolute Gasteiger partial charge is 0.313 e. The number of benzene rings is 1. The first-order chi connectivity index (χ1) is 8.86. The van der Waals surface area contributed by atoms with Gasteiger partial charge in [-0.15, -0.1) is 0 Å². The van der Waals surface area contributed by atoms with Crippen LogP contribution in [0.15, 0.2) is 36.7 Å². The predicted molar refractivity (Wildman–Crippen MR) is 74.9 cm³/mol. The van der Waals surface area contributed by atoms with Gasteiger partial charge in [0.25, 0.3) is 0 Å². The second-order valence-corrected chi connectivity index (χ2v) is 4.37. The molecule has 0 saturated heterocycles. The van der Waals surface area contributed by atoms with Crippen molar-refractivity contribution < 1.29 is 0 Å². The number of nitrogens with zero attached hydrogens (tertiary/aromatic N) is 2. The SMILES string of the molecule is CCCc1nccn1-c1ccccc1CNCC. The topological polar surface area (TPSA) is 29.9 Å². The summed E-state index contributed by atoms with van der Waals surface area (Å²) in [6.45, 7) is 6.20. The Balaban J connectivity index is 2.33. The number of aryl methyl sites for hydroxylation is 1. The molecule has 1 aromatic carbocycles. The Bertz CT molecular complexity index is 488. The van der Waals surface area contributed by atoms with Crippen molar-refractivity contribution in [1.29, 1.82) is 0 Å². The molecule has 2 rings (SSSR count). The Kier molecular flexibility index (Phi) is 4.53. The highest BCUT2D eigenvalue weighted by Gasteiger charge is 2.07. The second kappa shape index (κ2) is 6.36. The molecule has 3 nitrogen and oxygen atoms in total. The van der Waals surface area contributed by atoms with Gasteiger partial charge in [0.2, 0.25) is 0 Å². The van der Waals surface area contributed by atoms with Crippen LogP contribution in [0.5, 0.6) is 0 Å². The molecule has 18 heavy (non-hydrogen) atoms. The van der Waals surface area contributed by atoms with Crippen molar-refractivity contribution in [3.05, 3.63) is 48.0 Å². The van der Waals surface area contributed by atoms with Crippen molar-refractivity contribution in [3.8, 4) is 5.69 Å². The fraction of sp³-hybridized carbons (Fsp3) is 0.400. The summed E-state index contributed by atoms with van der Waals surface area (Å²) in [4.78, 5) is 4.45. The summed E-state index contributed by atoms with van der Waals surface area (Å²) in [5, 5.41) is 3.38. The third-order valence-corrected chi connectivity index (χ3v) is 3.01. The third-order valence-electron chi connectivity index (χ3n) is 3.01. The number of aromatic nitrogens is 2. The molecule has 0 bridgehead atoms. The molecule has 0 fully saturated rings. The van der Waals surface area contributed by atoms with Crippen molar-refractivity contribution in [2.75, 3.05) is 6.54 Å². The molecule has 0 aliphatic heterocycles. The zero-order valence-corrected chi connectivity index (χ0v) is 11.2. The number of imidazole rings is 1. The van der Waals surface area contributed by atoms with Crippen molar-refractivity contribution in [3.63, 3.8) is 0 Å². The van der Waals surface area contributed by atoms with Crippen LogP contribution in [0.2, 0.25) is 0 Å². The summed E-state index contributed by atoms with van der Waals surface area (Å²) >= 11 is 0. The van der Waals surface area contributed by atoms with E-state index in [1.807, 2.05) is 6.20 Å². The highest BCUT2D eigenvalue weighted by molar-refractivity contribution is 5.42. The molecule has 1 aromatic heterocycles. The molecule has 1 N–H and O–H groups in total.